The van der Waals surface area contributed by atoms with Gasteiger partial charge in [-0.25, -0.2) is 4.98 Å². The molecule has 0 spiro atoms. The van der Waals surface area contributed by atoms with Crippen molar-refractivity contribution < 1.29 is 19.1 Å². The van der Waals surface area contributed by atoms with E-state index in [4.69, 9.17) is 21.1 Å². The molecule has 3 heterocycles. The zero-order chi connectivity index (χ0) is 19.0. The topological polar surface area (TPSA) is 81.9 Å². The third-order valence-corrected chi connectivity index (χ3v) is 4.34. The van der Waals surface area contributed by atoms with Crippen molar-refractivity contribution in [2.24, 2.45) is 0 Å². The number of rotatable bonds is 4. The fourth-order valence-electron chi connectivity index (χ4n) is 2.80. The van der Waals surface area contributed by atoms with Crippen LogP contribution < -0.4 is 14.8 Å². The standard InChI is InChI=1S/C19H14ClN3O4/c1-11(24)12-8-15-16(27-10-26-15)9-13(12)21-18(25)6-5-14-19(20)22-17-4-2-3-7-23(14)17/h2-9H,10H2,1H3,(H,21,25)/b6-5+. The van der Waals surface area contributed by atoms with Crippen LogP contribution in [0.3, 0.4) is 0 Å². The highest BCUT2D eigenvalue weighted by molar-refractivity contribution is 6.31. The van der Waals surface area contributed by atoms with Crippen molar-refractivity contribution in [3.05, 3.63) is 59.0 Å². The second-order valence-electron chi connectivity index (χ2n) is 5.85. The summed E-state index contributed by atoms with van der Waals surface area (Å²) < 4.78 is 12.4. The number of carbonyl (C=O) groups excluding carboxylic acids is 2. The van der Waals surface area contributed by atoms with E-state index in [0.29, 0.717) is 34.1 Å². The molecule has 7 nitrogen and oxygen atoms in total. The van der Waals surface area contributed by atoms with Crippen molar-refractivity contribution in [1.29, 1.82) is 0 Å². The summed E-state index contributed by atoms with van der Waals surface area (Å²) in [6.07, 6.45) is 4.70. The van der Waals surface area contributed by atoms with Crippen LogP contribution in [0.2, 0.25) is 5.15 Å². The SMILES string of the molecule is CC(=O)c1cc2c(cc1NC(=O)/C=C/c1c(Cl)nc3ccccn13)OCO2. The molecule has 1 aromatic carbocycles. The second-order valence-corrected chi connectivity index (χ2v) is 6.20. The normalized spacial score (nSPS) is 12.7. The number of anilines is 1. The molecule has 3 aromatic rings. The number of carbonyl (C=O) groups is 2. The molecule has 1 amide bonds. The second kappa shape index (κ2) is 6.77. The van der Waals surface area contributed by atoms with Crippen molar-refractivity contribution in [3.63, 3.8) is 0 Å². The van der Waals surface area contributed by atoms with Crippen LogP contribution >= 0.6 is 11.6 Å². The first-order valence-electron chi connectivity index (χ1n) is 8.09. The Labute approximate surface area is 159 Å². The molecule has 0 radical (unpaired) electrons. The summed E-state index contributed by atoms with van der Waals surface area (Å²) in [4.78, 5) is 28.5. The lowest BCUT2D eigenvalue weighted by molar-refractivity contribution is -0.111. The van der Waals surface area contributed by atoms with E-state index in [0.717, 1.165) is 0 Å². The van der Waals surface area contributed by atoms with E-state index in [1.54, 1.807) is 28.8 Å². The average molecular weight is 384 g/mol. The quantitative estimate of drug-likeness (QED) is 0.550. The highest BCUT2D eigenvalue weighted by Gasteiger charge is 2.20. The van der Waals surface area contributed by atoms with Gasteiger partial charge in [0.2, 0.25) is 12.7 Å². The third kappa shape index (κ3) is 3.24. The molecule has 0 bridgehead atoms. The van der Waals surface area contributed by atoms with Crippen molar-refractivity contribution in [1.82, 2.24) is 9.38 Å². The van der Waals surface area contributed by atoms with Gasteiger partial charge in [0.05, 0.1) is 11.4 Å². The number of halogens is 1. The van der Waals surface area contributed by atoms with Gasteiger partial charge in [0.1, 0.15) is 5.65 Å². The van der Waals surface area contributed by atoms with Gasteiger partial charge < -0.3 is 14.8 Å². The third-order valence-electron chi connectivity index (χ3n) is 4.06. The Bertz CT molecular complexity index is 1100. The first kappa shape index (κ1) is 17.1. The number of hydrogen-bond donors (Lipinski definition) is 1. The van der Waals surface area contributed by atoms with Gasteiger partial charge in [-0.3, -0.25) is 14.0 Å². The van der Waals surface area contributed by atoms with Crippen LogP contribution in [0.25, 0.3) is 11.7 Å². The molecule has 27 heavy (non-hydrogen) atoms. The van der Waals surface area contributed by atoms with E-state index in [-0.39, 0.29) is 17.7 Å². The zero-order valence-corrected chi connectivity index (χ0v) is 15.0. The molecule has 0 atom stereocenters. The predicted octanol–water partition coefficient (Wildman–Crippen LogP) is 3.57. The number of hydrogen-bond acceptors (Lipinski definition) is 5. The van der Waals surface area contributed by atoms with Crippen LogP contribution in [0, 0.1) is 0 Å². The van der Waals surface area contributed by atoms with Gasteiger partial charge in [0.15, 0.2) is 22.4 Å². The number of fused-ring (bicyclic) bond motifs is 2. The summed E-state index contributed by atoms with van der Waals surface area (Å²) in [6.45, 7) is 1.50. The van der Waals surface area contributed by atoms with Gasteiger partial charge >= 0.3 is 0 Å². The number of Topliss-reactive ketones (excluding diaryl/α,β-unsaturated/α-hetero) is 1. The van der Waals surface area contributed by atoms with Crippen molar-refractivity contribution in [3.8, 4) is 11.5 Å². The van der Waals surface area contributed by atoms with E-state index in [2.05, 4.69) is 10.3 Å². The van der Waals surface area contributed by atoms with Crippen LogP contribution in [0.15, 0.2) is 42.6 Å². The Balaban J connectivity index is 1.60. The molecule has 0 aliphatic carbocycles. The van der Waals surface area contributed by atoms with E-state index in [9.17, 15) is 9.59 Å². The Morgan fingerprint density at radius 1 is 1.26 bits per heavy atom. The number of nitrogens with one attached hydrogen (secondary N) is 1. The van der Waals surface area contributed by atoms with E-state index < -0.39 is 5.91 Å². The monoisotopic (exact) mass is 383 g/mol. The lowest BCUT2D eigenvalue weighted by atomic mass is 10.1. The van der Waals surface area contributed by atoms with Crippen LogP contribution in [-0.4, -0.2) is 27.9 Å². The fourth-order valence-corrected chi connectivity index (χ4v) is 3.04. The van der Waals surface area contributed by atoms with Gasteiger partial charge in [-0.2, -0.15) is 0 Å². The molecule has 1 aliphatic heterocycles. The minimum absolute atomic E-state index is 0.0801. The molecule has 0 saturated heterocycles. The summed E-state index contributed by atoms with van der Waals surface area (Å²) >= 11 is 6.15. The predicted molar refractivity (Wildman–Crippen MR) is 100 cm³/mol. The number of nitrogens with zero attached hydrogens (tertiary/aromatic N) is 2. The number of imidazole rings is 1. The average Bonchev–Trinajstić information content (AvgIpc) is 3.22. The molecular weight excluding hydrogens is 370 g/mol. The van der Waals surface area contributed by atoms with Gasteiger partial charge in [0, 0.05) is 23.9 Å². The summed E-state index contributed by atoms with van der Waals surface area (Å²) in [5.41, 5.74) is 1.96. The van der Waals surface area contributed by atoms with Crippen molar-refractivity contribution in [2.75, 3.05) is 12.1 Å². The number of pyridine rings is 1. The first-order valence-corrected chi connectivity index (χ1v) is 8.47. The molecule has 1 aliphatic rings. The number of benzene rings is 1. The van der Waals surface area contributed by atoms with E-state index >= 15 is 0 Å². The number of aromatic nitrogens is 2. The Hall–Kier alpha value is -3.32. The molecule has 0 unspecified atom stereocenters. The lowest BCUT2D eigenvalue weighted by Crippen LogP contribution is -2.11. The van der Waals surface area contributed by atoms with Crippen LogP contribution in [0.4, 0.5) is 5.69 Å². The summed E-state index contributed by atoms with van der Waals surface area (Å²) in [7, 11) is 0. The van der Waals surface area contributed by atoms with Gasteiger partial charge in [-0.15, -0.1) is 0 Å². The maximum absolute atomic E-state index is 12.4. The number of ether oxygens (including phenoxy) is 2. The smallest absolute Gasteiger partial charge is 0.248 e. The highest BCUT2D eigenvalue weighted by atomic mass is 35.5. The number of amides is 1. The van der Waals surface area contributed by atoms with Gasteiger partial charge in [-0.05, 0) is 31.2 Å². The van der Waals surface area contributed by atoms with E-state index in [1.807, 2.05) is 18.2 Å². The van der Waals surface area contributed by atoms with Gasteiger partial charge in [-0.1, -0.05) is 17.7 Å². The molecule has 0 fully saturated rings. The molecular formula is C19H14ClN3O4. The molecule has 8 heteroatoms. The summed E-state index contributed by atoms with van der Waals surface area (Å²) in [5, 5.41) is 2.99. The first-order chi connectivity index (χ1) is 13.0. The minimum atomic E-state index is -0.418. The maximum atomic E-state index is 12.4. The Kier molecular flexibility index (Phi) is 4.29. The summed E-state index contributed by atoms with van der Waals surface area (Å²) in [6, 6.07) is 8.64. The fraction of sp³-hybridized carbons (Fsp3) is 0.105. The molecule has 4 rings (SSSR count). The van der Waals surface area contributed by atoms with Crippen LogP contribution in [0.5, 0.6) is 11.5 Å². The molecule has 2 aromatic heterocycles. The molecule has 0 saturated carbocycles. The van der Waals surface area contributed by atoms with Crippen LogP contribution in [0.1, 0.15) is 23.0 Å². The Morgan fingerprint density at radius 3 is 2.81 bits per heavy atom. The minimum Gasteiger partial charge on any atom is -0.454 e. The van der Waals surface area contributed by atoms with E-state index in [1.165, 1.54) is 13.0 Å². The highest BCUT2D eigenvalue weighted by Crippen LogP contribution is 2.37. The zero-order valence-electron chi connectivity index (χ0n) is 14.2. The maximum Gasteiger partial charge on any atom is 0.248 e. The largest absolute Gasteiger partial charge is 0.454 e. The van der Waals surface area contributed by atoms with Crippen LogP contribution in [-0.2, 0) is 4.79 Å². The van der Waals surface area contributed by atoms with Crippen molar-refractivity contribution in [2.45, 2.75) is 6.92 Å². The molecule has 136 valence electrons. The van der Waals surface area contributed by atoms with Gasteiger partial charge in [0.25, 0.3) is 0 Å². The molecule has 1 N–H and O–H groups in total. The number of ketones is 1. The summed E-state index contributed by atoms with van der Waals surface area (Å²) in [5.74, 6) is 0.339. The lowest BCUT2D eigenvalue weighted by Gasteiger charge is -2.09. The Morgan fingerprint density at radius 2 is 2.04 bits per heavy atom. The van der Waals surface area contributed by atoms with Crippen molar-refractivity contribution >= 4 is 40.7 Å².